The summed E-state index contributed by atoms with van der Waals surface area (Å²) in [6, 6.07) is 8.42. The Morgan fingerprint density at radius 2 is 1.88 bits per heavy atom. The molecule has 0 saturated heterocycles. The minimum absolute atomic E-state index is 0.149. The van der Waals surface area contributed by atoms with Crippen LogP contribution in [0, 0.1) is 5.92 Å². The van der Waals surface area contributed by atoms with Gasteiger partial charge < -0.3 is 9.72 Å². The molecule has 2 aliphatic rings. The van der Waals surface area contributed by atoms with Crippen LogP contribution in [0.2, 0.25) is 0 Å². The van der Waals surface area contributed by atoms with Crippen molar-refractivity contribution < 1.29 is 9.53 Å². The maximum Gasteiger partial charge on any atom is 0.323 e. The van der Waals surface area contributed by atoms with Gasteiger partial charge in [0.1, 0.15) is 6.04 Å². The highest BCUT2D eigenvalue weighted by molar-refractivity contribution is 5.87. The van der Waals surface area contributed by atoms with Crippen LogP contribution in [0.15, 0.2) is 24.3 Å². The number of H-pyrrole nitrogens is 1. The smallest absolute Gasteiger partial charge is 0.323 e. The fraction of sp³-hybridized carbons (Fsp3) is 0.550. The van der Waals surface area contributed by atoms with Crippen molar-refractivity contribution >= 4 is 16.9 Å². The monoisotopic (exact) mass is 326 g/mol. The number of aromatic nitrogens is 1. The Labute approximate surface area is 143 Å². The molecule has 0 spiro atoms. The standard InChI is InChI=1S/C20H26N2O2/c1-24-20(23)17-12-15-14-10-6-7-11-16(14)21-19(15)18(22-17)13-8-4-2-3-5-9-13/h6-7,10-11,13,17-18,21-22H,2-5,8-9,12H2,1H3/t17-,18+/m0/s1. The maximum absolute atomic E-state index is 12.2. The second-order valence-electron chi connectivity index (χ2n) is 7.24. The molecule has 0 bridgehead atoms. The number of carbonyl (C=O) groups excluding carboxylic acids is 1. The second-order valence-corrected chi connectivity index (χ2v) is 7.24. The van der Waals surface area contributed by atoms with Gasteiger partial charge >= 0.3 is 5.97 Å². The van der Waals surface area contributed by atoms with E-state index in [0.717, 1.165) is 0 Å². The van der Waals surface area contributed by atoms with Gasteiger partial charge in [0.25, 0.3) is 0 Å². The lowest BCUT2D eigenvalue weighted by Crippen LogP contribution is -2.47. The number of esters is 1. The summed E-state index contributed by atoms with van der Waals surface area (Å²) in [5.74, 6) is 0.441. The first-order chi connectivity index (χ1) is 11.8. The molecule has 2 atom stereocenters. The van der Waals surface area contributed by atoms with E-state index in [4.69, 9.17) is 4.74 Å². The molecule has 1 fully saturated rings. The predicted octanol–water partition coefficient (Wildman–Crippen LogP) is 3.87. The maximum atomic E-state index is 12.2. The largest absolute Gasteiger partial charge is 0.468 e. The third-order valence-corrected chi connectivity index (χ3v) is 5.80. The quantitative estimate of drug-likeness (QED) is 0.651. The average molecular weight is 326 g/mol. The van der Waals surface area contributed by atoms with Crippen molar-refractivity contribution in [3.8, 4) is 0 Å². The van der Waals surface area contributed by atoms with E-state index in [-0.39, 0.29) is 18.1 Å². The first-order valence-corrected chi connectivity index (χ1v) is 9.21. The van der Waals surface area contributed by atoms with Gasteiger partial charge in [-0.2, -0.15) is 0 Å². The molecule has 1 aliphatic carbocycles. The summed E-state index contributed by atoms with van der Waals surface area (Å²) >= 11 is 0. The molecule has 2 heterocycles. The number of rotatable bonds is 2. The highest BCUT2D eigenvalue weighted by Crippen LogP contribution is 2.40. The summed E-state index contributed by atoms with van der Waals surface area (Å²) in [5, 5.41) is 4.86. The van der Waals surface area contributed by atoms with E-state index in [1.807, 2.05) is 0 Å². The average Bonchev–Trinajstić information content (AvgIpc) is 2.80. The predicted molar refractivity (Wildman–Crippen MR) is 94.9 cm³/mol. The normalized spacial score (nSPS) is 25.2. The number of para-hydroxylation sites is 1. The molecule has 1 saturated carbocycles. The third kappa shape index (κ3) is 2.73. The second kappa shape index (κ2) is 6.60. The number of methoxy groups -OCH3 is 1. The zero-order valence-electron chi connectivity index (χ0n) is 14.3. The van der Waals surface area contributed by atoms with E-state index in [0.29, 0.717) is 12.3 Å². The summed E-state index contributed by atoms with van der Waals surface area (Å²) in [6.45, 7) is 0. The van der Waals surface area contributed by atoms with Crippen molar-refractivity contribution in [1.29, 1.82) is 0 Å². The Morgan fingerprint density at radius 1 is 1.12 bits per heavy atom. The van der Waals surface area contributed by atoms with E-state index in [9.17, 15) is 4.79 Å². The van der Waals surface area contributed by atoms with Crippen LogP contribution in [-0.4, -0.2) is 24.1 Å². The summed E-state index contributed by atoms with van der Waals surface area (Å²) < 4.78 is 5.04. The number of benzene rings is 1. The molecule has 0 radical (unpaired) electrons. The van der Waals surface area contributed by atoms with Gasteiger partial charge in [0.05, 0.1) is 13.2 Å². The fourth-order valence-electron chi connectivity index (χ4n) is 4.58. The van der Waals surface area contributed by atoms with Crippen LogP contribution in [0.1, 0.15) is 55.8 Å². The van der Waals surface area contributed by atoms with Crippen LogP contribution in [0.3, 0.4) is 0 Å². The Bertz CT molecular complexity index is 728. The van der Waals surface area contributed by atoms with Gasteiger partial charge in [0.2, 0.25) is 0 Å². The molecule has 1 aromatic carbocycles. The van der Waals surface area contributed by atoms with Gasteiger partial charge in [-0.1, -0.05) is 43.9 Å². The number of carbonyl (C=O) groups is 1. The molecule has 4 rings (SSSR count). The van der Waals surface area contributed by atoms with Crippen LogP contribution >= 0.6 is 0 Å². The van der Waals surface area contributed by atoms with Gasteiger partial charge in [0, 0.05) is 23.0 Å². The zero-order chi connectivity index (χ0) is 16.5. The van der Waals surface area contributed by atoms with Gasteiger partial charge in [-0.15, -0.1) is 0 Å². The van der Waals surface area contributed by atoms with Crippen LogP contribution in [-0.2, 0) is 16.0 Å². The lowest BCUT2D eigenvalue weighted by atomic mass is 9.83. The molecular formula is C20H26N2O2. The third-order valence-electron chi connectivity index (χ3n) is 5.80. The van der Waals surface area contributed by atoms with E-state index in [2.05, 4.69) is 34.6 Å². The minimum Gasteiger partial charge on any atom is -0.468 e. The molecule has 2 N–H and O–H groups in total. The van der Waals surface area contributed by atoms with Crippen LogP contribution < -0.4 is 5.32 Å². The number of ether oxygens (including phenoxy) is 1. The highest BCUT2D eigenvalue weighted by Gasteiger charge is 2.37. The van der Waals surface area contributed by atoms with Gasteiger partial charge in [-0.3, -0.25) is 10.1 Å². The lowest BCUT2D eigenvalue weighted by molar-refractivity contribution is -0.143. The van der Waals surface area contributed by atoms with E-state index < -0.39 is 0 Å². The van der Waals surface area contributed by atoms with Gasteiger partial charge in [-0.25, -0.2) is 0 Å². The van der Waals surface area contributed by atoms with Crippen LogP contribution in [0.25, 0.3) is 10.9 Å². The van der Waals surface area contributed by atoms with E-state index >= 15 is 0 Å². The first kappa shape index (κ1) is 15.7. The first-order valence-electron chi connectivity index (χ1n) is 9.21. The number of nitrogens with one attached hydrogen (secondary N) is 2. The van der Waals surface area contributed by atoms with Gasteiger partial charge in [0.15, 0.2) is 0 Å². The number of hydrogen-bond donors (Lipinski definition) is 2. The Kier molecular flexibility index (Phi) is 4.31. The molecule has 4 heteroatoms. The lowest BCUT2D eigenvalue weighted by Gasteiger charge is -2.35. The Balaban J connectivity index is 1.76. The molecule has 24 heavy (non-hydrogen) atoms. The highest BCUT2D eigenvalue weighted by atomic mass is 16.5. The molecule has 1 aromatic heterocycles. The Morgan fingerprint density at radius 3 is 2.62 bits per heavy atom. The summed E-state index contributed by atoms with van der Waals surface area (Å²) in [4.78, 5) is 15.9. The van der Waals surface area contributed by atoms with Crippen molar-refractivity contribution in [2.75, 3.05) is 7.11 Å². The molecule has 1 aliphatic heterocycles. The number of hydrogen-bond acceptors (Lipinski definition) is 3. The van der Waals surface area contributed by atoms with Crippen molar-refractivity contribution in [2.24, 2.45) is 5.92 Å². The molecule has 4 nitrogen and oxygen atoms in total. The summed E-state index contributed by atoms with van der Waals surface area (Å²) in [5.41, 5.74) is 3.77. The van der Waals surface area contributed by atoms with Gasteiger partial charge in [-0.05, 0) is 30.4 Å². The molecule has 2 aromatic rings. The van der Waals surface area contributed by atoms with Crippen molar-refractivity contribution in [1.82, 2.24) is 10.3 Å². The SMILES string of the molecule is COC(=O)[C@@H]1Cc2c([nH]c3ccccc23)[C@@H](C2CCCCCC2)N1. The number of fused-ring (bicyclic) bond motifs is 3. The van der Waals surface area contributed by atoms with Crippen molar-refractivity contribution in [3.63, 3.8) is 0 Å². The van der Waals surface area contributed by atoms with E-state index in [1.54, 1.807) is 0 Å². The summed E-state index contributed by atoms with van der Waals surface area (Å²) in [7, 11) is 1.48. The van der Waals surface area contributed by atoms with Crippen LogP contribution in [0.4, 0.5) is 0 Å². The minimum atomic E-state index is -0.241. The Hall–Kier alpha value is -1.81. The topological polar surface area (TPSA) is 54.1 Å². The molecule has 0 amide bonds. The van der Waals surface area contributed by atoms with Crippen LogP contribution in [0.5, 0.6) is 0 Å². The molecular weight excluding hydrogens is 300 g/mol. The zero-order valence-corrected chi connectivity index (χ0v) is 14.3. The molecule has 128 valence electrons. The van der Waals surface area contributed by atoms with E-state index in [1.165, 1.54) is 67.8 Å². The van der Waals surface area contributed by atoms with Crippen molar-refractivity contribution in [2.45, 2.75) is 57.0 Å². The van der Waals surface area contributed by atoms with Crippen molar-refractivity contribution in [3.05, 3.63) is 35.5 Å². The fourth-order valence-corrected chi connectivity index (χ4v) is 4.58. The number of aromatic amines is 1. The molecule has 0 unspecified atom stereocenters. The summed E-state index contributed by atoms with van der Waals surface area (Å²) in [6.07, 6.45) is 8.44.